The molecule has 6 nitrogen and oxygen atoms in total. The van der Waals surface area contributed by atoms with Crippen molar-refractivity contribution in [3.8, 4) is 0 Å². The Bertz CT molecular complexity index is 598. The van der Waals surface area contributed by atoms with Gasteiger partial charge in [-0.25, -0.2) is 9.67 Å². The van der Waals surface area contributed by atoms with E-state index >= 15 is 0 Å². The number of piperidine rings is 1. The minimum atomic E-state index is -0.489. The molecule has 22 heavy (non-hydrogen) atoms. The van der Waals surface area contributed by atoms with E-state index in [0.717, 1.165) is 24.9 Å². The second-order valence-electron chi connectivity index (χ2n) is 5.75. The van der Waals surface area contributed by atoms with Gasteiger partial charge in [0.15, 0.2) is 0 Å². The van der Waals surface area contributed by atoms with Crippen LogP contribution in [0.25, 0.3) is 0 Å². The van der Waals surface area contributed by atoms with E-state index in [1.54, 1.807) is 6.33 Å². The maximum atomic E-state index is 12.6. The summed E-state index contributed by atoms with van der Waals surface area (Å²) in [5, 5.41) is 4.18. The van der Waals surface area contributed by atoms with Crippen molar-refractivity contribution < 1.29 is 4.79 Å². The Morgan fingerprint density at radius 1 is 1.36 bits per heavy atom. The number of aromatic nitrogens is 3. The first-order valence-electron chi connectivity index (χ1n) is 7.66. The van der Waals surface area contributed by atoms with Gasteiger partial charge in [0.05, 0.1) is 12.1 Å². The van der Waals surface area contributed by atoms with Crippen LogP contribution in [0, 0.1) is 0 Å². The molecule has 0 bridgehead atoms. The third-order valence-corrected chi connectivity index (χ3v) is 4.13. The molecule has 2 N–H and O–H groups in total. The molecule has 0 spiro atoms. The molecule has 1 unspecified atom stereocenters. The Hall–Kier alpha value is -2.21. The highest BCUT2D eigenvalue weighted by molar-refractivity contribution is 5.82. The monoisotopic (exact) mass is 299 g/mol. The molecule has 1 saturated heterocycles. The highest BCUT2D eigenvalue weighted by Crippen LogP contribution is 2.21. The lowest BCUT2D eigenvalue weighted by Gasteiger charge is -2.34. The van der Waals surface area contributed by atoms with Crippen molar-refractivity contribution in [2.45, 2.75) is 31.3 Å². The van der Waals surface area contributed by atoms with E-state index in [1.807, 2.05) is 39.9 Å². The first-order valence-corrected chi connectivity index (χ1v) is 7.66. The van der Waals surface area contributed by atoms with E-state index in [4.69, 9.17) is 5.73 Å². The van der Waals surface area contributed by atoms with Crippen LogP contribution in [0.15, 0.2) is 43.0 Å². The average Bonchev–Trinajstić information content (AvgIpc) is 3.10. The van der Waals surface area contributed by atoms with Crippen LogP contribution in [-0.2, 0) is 11.2 Å². The number of likely N-dealkylation sites (tertiary alicyclic amines) is 1. The van der Waals surface area contributed by atoms with Crippen molar-refractivity contribution in [2.24, 2.45) is 5.73 Å². The minimum absolute atomic E-state index is 0.0219. The van der Waals surface area contributed by atoms with E-state index in [0.29, 0.717) is 13.0 Å². The standard InChI is InChI=1S/C16H21N5O/c17-15(9-13-5-2-1-3-6-13)16(22)20-8-4-7-14(10-20)21-12-18-11-19-21/h1-3,5-6,11-12,14-15H,4,7-10,17H2/t14?,15-/m0/s1. The topological polar surface area (TPSA) is 77.0 Å². The fraction of sp³-hybridized carbons (Fsp3) is 0.438. The van der Waals surface area contributed by atoms with Gasteiger partial charge in [0.25, 0.3) is 0 Å². The molecule has 2 atom stereocenters. The Kier molecular flexibility index (Phi) is 4.48. The molecule has 1 aromatic heterocycles. The molecule has 3 rings (SSSR count). The zero-order chi connectivity index (χ0) is 15.4. The van der Waals surface area contributed by atoms with Gasteiger partial charge in [-0.3, -0.25) is 4.79 Å². The average molecular weight is 299 g/mol. The smallest absolute Gasteiger partial charge is 0.239 e. The fourth-order valence-electron chi connectivity index (χ4n) is 2.97. The predicted molar refractivity (Wildman–Crippen MR) is 83.0 cm³/mol. The summed E-state index contributed by atoms with van der Waals surface area (Å²) in [6.45, 7) is 1.43. The molecule has 1 fully saturated rings. The van der Waals surface area contributed by atoms with Crippen molar-refractivity contribution in [1.29, 1.82) is 0 Å². The fourth-order valence-corrected chi connectivity index (χ4v) is 2.97. The van der Waals surface area contributed by atoms with Crippen LogP contribution < -0.4 is 5.73 Å². The highest BCUT2D eigenvalue weighted by atomic mass is 16.2. The molecule has 0 saturated carbocycles. The van der Waals surface area contributed by atoms with Crippen LogP contribution in [0.2, 0.25) is 0 Å². The lowest BCUT2D eigenvalue weighted by atomic mass is 10.0. The van der Waals surface area contributed by atoms with Crippen LogP contribution >= 0.6 is 0 Å². The quantitative estimate of drug-likeness (QED) is 0.914. The number of amides is 1. The zero-order valence-corrected chi connectivity index (χ0v) is 12.5. The summed E-state index contributed by atoms with van der Waals surface area (Å²) < 4.78 is 1.84. The van der Waals surface area contributed by atoms with E-state index in [-0.39, 0.29) is 11.9 Å². The van der Waals surface area contributed by atoms with E-state index in [9.17, 15) is 4.79 Å². The van der Waals surface area contributed by atoms with E-state index in [2.05, 4.69) is 10.1 Å². The maximum absolute atomic E-state index is 12.6. The zero-order valence-electron chi connectivity index (χ0n) is 12.5. The minimum Gasteiger partial charge on any atom is -0.339 e. The molecule has 2 aromatic rings. The summed E-state index contributed by atoms with van der Waals surface area (Å²) in [6.07, 6.45) is 5.80. The molecule has 116 valence electrons. The summed E-state index contributed by atoms with van der Waals surface area (Å²) in [5.74, 6) is 0.0219. The van der Waals surface area contributed by atoms with Gasteiger partial charge in [0.1, 0.15) is 12.7 Å². The summed E-state index contributed by atoms with van der Waals surface area (Å²) in [6, 6.07) is 9.61. The molecule has 0 radical (unpaired) electrons. The van der Waals surface area contributed by atoms with Gasteiger partial charge in [0, 0.05) is 13.1 Å². The molecule has 0 aliphatic carbocycles. The predicted octanol–water partition coefficient (Wildman–Crippen LogP) is 1.01. The number of nitrogens with two attached hydrogens (primary N) is 1. The van der Waals surface area contributed by atoms with Gasteiger partial charge in [-0.2, -0.15) is 5.10 Å². The van der Waals surface area contributed by atoms with Gasteiger partial charge in [-0.1, -0.05) is 30.3 Å². The Labute approximate surface area is 129 Å². The largest absolute Gasteiger partial charge is 0.339 e. The molecular formula is C16H21N5O. The highest BCUT2D eigenvalue weighted by Gasteiger charge is 2.28. The van der Waals surface area contributed by atoms with Gasteiger partial charge in [-0.05, 0) is 24.8 Å². The Morgan fingerprint density at radius 2 is 2.18 bits per heavy atom. The number of carbonyl (C=O) groups excluding carboxylic acids is 1. The van der Waals surface area contributed by atoms with Gasteiger partial charge < -0.3 is 10.6 Å². The number of nitrogens with zero attached hydrogens (tertiary/aromatic N) is 4. The first kappa shape index (κ1) is 14.7. The SMILES string of the molecule is N[C@@H](Cc1ccccc1)C(=O)N1CCCC(n2cncn2)C1. The molecular weight excluding hydrogens is 278 g/mol. The Balaban J connectivity index is 1.61. The third kappa shape index (κ3) is 3.33. The summed E-state index contributed by atoms with van der Waals surface area (Å²) in [7, 11) is 0. The first-order chi connectivity index (χ1) is 10.7. The molecule has 1 aromatic carbocycles. The van der Waals surface area contributed by atoms with Crippen LogP contribution in [0.3, 0.4) is 0 Å². The molecule has 1 aliphatic heterocycles. The van der Waals surface area contributed by atoms with Gasteiger partial charge in [-0.15, -0.1) is 0 Å². The normalized spacial score (nSPS) is 19.9. The molecule has 1 aliphatic rings. The van der Waals surface area contributed by atoms with E-state index in [1.165, 1.54) is 6.33 Å². The summed E-state index contributed by atoms with van der Waals surface area (Å²) in [5.41, 5.74) is 7.21. The lowest BCUT2D eigenvalue weighted by Crippen LogP contribution is -2.49. The molecule has 6 heteroatoms. The number of hydrogen-bond acceptors (Lipinski definition) is 4. The second-order valence-corrected chi connectivity index (χ2v) is 5.75. The molecule has 2 heterocycles. The second kappa shape index (κ2) is 6.70. The third-order valence-electron chi connectivity index (χ3n) is 4.13. The maximum Gasteiger partial charge on any atom is 0.239 e. The summed E-state index contributed by atoms with van der Waals surface area (Å²) >= 11 is 0. The number of rotatable bonds is 4. The number of benzene rings is 1. The summed E-state index contributed by atoms with van der Waals surface area (Å²) in [4.78, 5) is 18.4. The van der Waals surface area contributed by atoms with Crippen molar-refractivity contribution in [2.75, 3.05) is 13.1 Å². The van der Waals surface area contributed by atoms with Crippen molar-refractivity contribution in [3.05, 3.63) is 48.5 Å². The van der Waals surface area contributed by atoms with Crippen molar-refractivity contribution >= 4 is 5.91 Å². The van der Waals surface area contributed by atoms with Crippen LogP contribution in [-0.4, -0.2) is 44.7 Å². The number of carbonyl (C=O) groups is 1. The molecule has 1 amide bonds. The number of hydrogen-bond donors (Lipinski definition) is 1. The van der Waals surface area contributed by atoms with Gasteiger partial charge in [0.2, 0.25) is 5.91 Å². The Morgan fingerprint density at radius 3 is 2.91 bits per heavy atom. The van der Waals surface area contributed by atoms with E-state index < -0.39 is 6.04 Å². The van der Waals surface area contributed by atoms with Crippen molar-refractivity contribution in [1.82, 2.24) is 19.7 Å². The van der Waals surface area contributed by atoms with Crippen LogP contribution in [0.5, 0.6) is 0 Å². The lowest BCUT2D eigenvalue weighted by molar-refractivity contribution is -0.134. The van der Waals surface area contributed by atoms with Gasteiger partial charge >= 0.3 is 0 Å². The van der Waals surface area contributed by atoms with Crippen molar-refractivity contribution in [3.63, 3.8) is 0 Å². The van der Waals surface area contributed by atoms with Crippen LogP contribution in [0.4, 0.5) is 0 Å². The van der Waals surface area contributed by atoms with Crippen LogP contribution in [0.1, 0.15) is 24.4 Å².